The van der Waals surface area contributed by atoms with Gasteiger partial charge in [-0.3, -0.25) is 9.79 Å². The molecule has 1 amide bonds. The number of likely N-dealkylation sites (N-methyl/N-ethyl adjacent to an activating group) is 1. The summed E-state index contributed by atoms with van der Waals surface area (Å²) in [7, 11) is 2.07. The zero-order valence-electron chi connectivity index (χ0n) is 15.7. The van der Waals surface area contributed by atoms with Crippen LogP contribution in [0.3, 0.4) is 0 Å². The predicted octanol–water partition coefficient (Wildman–Crippen LogP) is 3.54. The molecule has 1 N–H and O–H groups in total. The van der Waals surface area contributed by atoms with E-state index in [4.69, 9.17) is 0 Å². The highest BCUT2D eigenvalue weighted by atomic mass is 19.1. The van der Waals surface area contributed by atoms with Gasteiger partial charge in [-0.2, -0.15) is 0 Å². The Labute approximate surface area is 162 Å². The molecule has 1 fully saturated rings. The Kier molecular flexibility index (Phi) is 5.09. The fourth-order valence-electron chi connectivity index (χ4n) is 3.73. The van der Waals surface area contributed by atoms with Crippen molar-refractivity contribution in [1.29, 1.82) is 0 Å². The third kappa shape index (κ3) is 3.62. The summed E-state index contributed by atoms with van der Waals surface area (Å²) in [6.07, 6.45) is 2.36. The fourth-order valence-corrected chi connectivity index (χ4v) is 3.73. The highest BCUT2D eigenvalue weighted by Gasteiger charge is 2.31. The van der Waals surface area contributed by atoms with E-state index in [2.05, 4.69) is 22.3 Å². The van der Waals surface area contributed by atoms with Crippen molar-refractivity contribution >= 4 is 29.2 Å². The number of benzene rings is 2. The van der Waals surface area contributed by atoms with E-state index in [-0.39, 0.29) is 17.3 Å². The third-order valence-corrected chi connectivity index (χ3v) is 5.27. The van der Waals surface area contributed by atoms with E-state index in [0.29, 0.717) is 17.1 Å². The molecule has 0 bridgehead atoms. The lowest BCUT2D eigenvalue weighted by Gasteiger charge is -2.23. The Balaban J connectivity index is 1.54. The predicted molar refractivity (Wildman–Crippen MR) is 107 cm³/mol. The molecular weight excluding hydrogens is 362 g/mol. The summed E-state index contributed by atoms with van der Waals surface area (Å²) >= 11 is 0. The molecule has 4 rings (SSSR count). The number of rotatable bonds is 3. The molecule has 2 aromatic rings. The number of nitrogens with zero attached hydrogens (tertiary/aromatic N) is 3. The van der Waals surface area contributed by atoms with Gasteiger partial charge in [0.1, 0.15) is 17.6 Å². The lowest BCUT2D eigenvalue weighted by molar-refractivity contribution is -0.115. The van der Waals surface area contributed by atoms with Crippen LogP contribution in [0.1, 0.15) is 17.9 Å². The van der Waals surface area contributed by atoms with Gasteiger partial charge < -0.3 is 15.1 Å². The number of aliphatic imine (C=N–C) groups is 1. The average molecular weight is 384 g/mol. The van der Waals surface area contributed by atoms with Crippen LogP contribution < -0.4 is 10.2 Å². The van der Waals surface area contributed by atoms with Gasteiger partial charge in [0.2, 0.25) is 5.91 Å². The summed E-state index contributed by atoms with van der Waals surface area (Å²) in [6, 6.07) is 9.30. The van der Waals surface area contributed by atoms with Crippen LogP contribution in [0.2, 0.25) is 0 Å². The summed E-state index contributed by atoms with van der Waals surface area (Å²) in [5.41, 5.74) is 1.69. The number of anilines is 2. The van der Waals surface area contributed by atoms with Gasteiger partial charge in [-0.1, -0.05) is 6.07 Å². The van der Waals surface area contributed by atoms with Gasteiger partial charge in [0.25, 0.3) is 0 Å². The quantitative estimate of drug-likeness (QED) is 0.824. The Bertz CT molecular complexity index is 931. The molecule has 1 unspecified atom stereocenters. The van der Waals surface area contributed by atoms with E-state index in [1.807, 2.05) is 4.90 Å². The van der Waals surface area contributed by atoms with Gasteiger partial charge in [0, 0.05) is 43.2 Å². The monoisotopic (exact) mass is 384 g/mol. The van der Waals surface area contributed by atoms with Crippen LogP contribution in [0.4, 0.5) is 25.8 Å². The van der Waals surface area contributed by atoms with Crippen LogP contribution in [0, 0.1) is 11.6 Å². The van der Waals surface area contributed by atoms with Gasteiger partial charge in [-0.15, -0.1) is 0 Å². The van der Waals surface area contributed by atoms with Gasteiger partial charge in [0.15, 0.2) is 0 Å². The topological polar surface area (TPSA) is 47.9 Å². The average Bonchev–Trinajstić information content (AvgIpc) is 2.84. The van der Waals surface area contributed by atoms with E-state index in [1.54, 1.807) is 24.3 Å². The number of carbonyl (C=O) groups is 1. The minimum atomic E-state index is -0.819. The summed E-state index contributed by atoms with van der Waals surface area (Å²) in [5, 5.41) is 2.64. The second-order valence-corrected chi connectivity index (χ2v) is 7.23. The SMILES string of the molecule is CN1CCCN(c2ccc(N=CC3C(=O)Nc4cccc(F)c43)cc2F)CC1. The van der Waals surface area contributed by atoms with E-state index < -0.39 is 11.7 Å². The first-order chi connectivity index (χ1) is 13.5. The number of halogens is 2. The number of carbonyl (C=O) groups excluding carboxylic acids is 1. The normalized spacial score (nSPS) is 20.3. The summed E-state index contributed by atoms with van der Waals surface area (Å²) in [5.74, 6) is -1.96. The van der Waals surface area contributed by atoms with Gasteiger partial charge in [-0.25, -0.2) is 8.78 Å². The van der Waals surface area contributed by atoms with Crippen LogP contribution in [0.25, 0.3) is 0 Å². The van der Waals surface area contributed by atoms with Crippen molar-refractivity contribution in [2.45, 2.75) is 12.3 Å². The van der Waals surface area contributed by atoms with Gasteiger partial charge in [0.05, 0.1) is 11.4 Å². The maximum Gasteiger partial charge on any atom is 0.237 e. The van der Waals surface area contributed by atoms with E-state index in [1.165, 1.54) is 18.3 Å². The molecule has 28 heavy (non-hydrogen) atoms. The zero-order valence-corrected chi connectivity index (χ0v) is 15.7. The third-order valence-electron chi connectivity index (χ3n) is 5.27. The minimum absolute atomic E-state index is 0.280. The molecule has 1 saturated heterocycles. The van der Waals surface area contributed by atoms with Crippen molar-refractivity contribution < 1.29 is 13.6 Å². The number of fused-ring (bicyclic) bond motifs is 1. The molecule has 2 aromatic carbocycles. The molecule has 146 valence electrons. The molecule has 7 heteroatoms. The first-order valence-corrected chi connectivity index (χ1v) is 9.39. The first kappa shape index (κ1) is 18.6. The molecule has 0 aromatic heterocycles. The second kappa shape index (κ2) is 7.67. The van der Waals surface area contributed by atoms with Crippen molar-refractivity contribution in [1.82, 2.24) is 4.90 Å². The van der Waals surface area contributed by atoms with Gasteiger partial charge in [-0.05, 0) is 44.3 Å². The van der Waals surface area contributed by atoms with E-state index in [0.717, 1.165) is 32.6 Å². The number of hydrogen-bond donors (Lipinski definition) is 1. The Morgan fingerprint density at radius 2 is 1.96 bits per heavy atom. The highest BCUT2D eigenvalue weighted by Crippen LogP contribution is 2.34. The van der Waals surface area contributed by atoms with Crippen LogP contribution in [0.15, 0.2) is 41.4 Å². The molecule has 5 nitrogen and oxygen atoms in total. The standard InChI is InChI=1S/C21H22F2N4O/c1-26-8-3-9-27(11-10-26)19-7-6-14(12-17(19)23)24-13-15-20-16(22)4-2-5-18(20)25-21(15)28/h2,4-7,12-13,15H,3,8-11H2,1H3,(H,25,28). The highest BCUT2D eigenvalue weighted by molar-refractivity contribution is 6.12. The number of nitrogens with one attached hydrogen (secondary N) is 1. The largest absolute Gasteiger partial charge is 0.368 e. The molecule has 2 aliphatic rings. The Morgan fingerprint density at radius 3 is 2.79 bits per heavy atom. The smallest absolute Gasteiger partial charge is 0.237 e. The molecule has 1 atom stereocenters. The Hall–Kier alpha value is -2.80. The molecule has 2 aliphatic heterocycles. The maximum absolute atomic E-state index is 14.7. The lowest BCUT2D eigenvalue weighted by Crippen LogP contribution is -2.29. The van der Waals surface area contributed by atoms with Crippen LogP contribution in [-0.2, 0) is 4.79 Å². The lowest BCUT2D eigenvalue weighted by atomic mass is 10.0. The van der Waals surface area contributed by atoms with Crippen molar-refractivity contribution in [2.24, 2.45) is 4.99 Å². The number of amides is 1. The summed E-state index contributed by atoms with van der Waals surface area (Å²) < 4.78 is 28.8. The summed E-state index contributed by atoms with van der Waals surface area (Å²) in [4.78, 5) is 20.7. The zero-order chi connectivity index (χ0) is 19.7. The van der Waals surface area contributed by atoms with Gasteiger partial charge >= 0.3 is 0 Å². The maximum atomic E-state index is 14.7. The Morgan fingerprint density at radius 1 is 1.11 bits per heavy atom. The van der Waals surface area contributed by atoms with E-state index >= 15 is 0 Å². The van der Waals surface area contributed by atoms with Crippen LogP contribution >= 0.6 is 0 Å². The minimum Gasteiger partial charge on any atom is -0.368 e. The van der Waals surface area contributed by atoms with Crippen molar-refractivity contribution in [3.63, 3.8) is 0 Å². The summed E-state index contributed by atoms with van der Waals surface area (Å²) in [6.45, 7) is 3.47. The van der Waals surface area contributed by atoms with Crippen molar-refractivity contribution in [2.75, 3.05) is 43.4 Å². The van der Waals surface area contributed by atoms with Crippen molar-refractivity contribution in [3.05, 3.63) is 53.6 Å². The second-order valence-electron chi connectivity index (χ2n) is 7.23. The van der Waals surface area contributed by atoms with Crippen LogP contribution in [0.5, 0.6) is 0 Å². The van der Waals surface area contributed by atoms with E-state index in [9.17, 15) is 13.6 Å². The molecule has 0 radical (unpaired) electrons. The van der Waals surface area contributed by atoms with Crippen molar-refractivity contribution in [3.8, 4) is 0 Å². The van der Waals surface area contributed by atoms with Crippen LogP contribution in [-0.4, -0.2) is 50.2 Å². The molecule has 0 saturated carbocycles. The first-order valence-electron chi connectivity index (χ1n) is 9.39. The number of hydrogen-bond acceptors (Lipinski definition) is 4. The molecule has 2 heterocycles. The fraction of sp³-hybridized carbons (Fsp3) is 0.333. The molecular formula is C21H22F2N4O. The molecule has 0 spiro atoms. The molecule has 0 aliphatic carbocycles.